The van der Waals surface area contributed by atoms with Crippen LogP contribution < -0.4 is 15.4 Å². The highest BCUT2D eigenvalue weighted by Gasteiger charge is 2.19. The van der Waals surface area contributed by atoms with Crippen molar-refractivity contribution in [1.82, 2.24) is 5.32 Å². The van der Waals surface area contributed by atoms with Gasteiger partial charge >= 0.3 is 0 Å². The Bertz CT molecular complexity index is 1330. The maximum absolute atomic E-state index is 13.6. The fourth-order valence-corrected chi connectivity index (χ4v) is 4.12. The van der Waals surface area contributed by atoms with Crippen LogP contribution in [0.5, 0.6) is 0 Å². The number of nitrogens with zero attached hydrogens (tertiary/aromatic N) is 1. The van der Waals surface area contributed by atoms with Crippen LogP contribution in [0, 0.1) is 23.0 Å². The van der Waals surface area contributed by atoms with E-state index in [1.54, 1.807) is 6.07 Å². The highest BCUT2D eigenvalue weighted by molar-refractivity contribution is 7.92. The number of amides is 1. The van der Waals surface area contributed by atoms with Gasteiger partial charge in [-0.05, 0) is 54.6 Å². The Balaban J connectivity index is 1.66. The maximum Gasteiger partial charge on any atom is 0.261 e. The first-order chi connectivity index (χ1) is 15.7. The van der Waals surface area contributed by atoms with Gasteiger partial charge in [0.1, 0.15) is 23.3 Å². The van der Waals surface area contributed by atoms with Gasteiger partial charge in [-0.15, -0.1) is 0 Å². The molecule has 0 radical (unpaired) electrons. The molecule has 0 heterocycles. The first-order valence-corrected chi connectivity index (χ1v) is 11.4. The number of benzene rings is 3. The van der Waals surface area contributed by atoms with Crippen LogP contribution in [-0.4, -0.2) is 27.4 Å². The van der Waals surface area contributed by atoms with Gasteiger partial charge in [-0.3, -0.25) is 9.52 Å². The van der Waals surface area contributed by atoms with Gasteiger partial charge in [0.15, 0.2) is 0 Å². The SMILES string of the molecule is N#Cc1c(F)cccc1NCCNC(=O)c1cc(S(=O)(=O)Nc2ccc(F)cc2)ccc1Cl. The summed E-state index contributed by atoms with van der Waals surface area (Å²) in [5.41, 5.74) is 0.225. The molecular weight excluding hydrogens is 474 g/mol. The van der Waals surface area contributed by atoms with Crippen LogP contribution in [0.4, 0.5) is 20.2 Å². The smallest absolute Gasteiger partial charge is 0.261 e. The topological polar surface area (TPSA) is 111 Å². The van der Waals surface area contributed by atoms with Gasteiger partial charge < -0.3 is 10.6 Å². The minimum Gasteiger partial charge on any atom is -0.382 e. The molecule has 3 aromatic rings. The van der Waals surface area contributed by atoms with Crippen LogP contribution in [0.3, 0.4) is 0 Å². The van der Waals surface area contributed by atoms with Crippen molar-refractivity contribution in [2.75, 3.05) is 23.1 Å². The normalized spacial score (nSPS) is 10.8. The van der Waals surface area contributed by atoms with Gasteiger partial charge in [0, 0.05) is 18.8 Å². The molecular formula is C22H17ClF2N4O3S. The van der Waals surface area contributed by atoms with Gasteiger partial charge in [0.05, 0.1) is 21.2 Å². The molecule has 0 fully saturated rings. The molecule has 0 bridgehead atoms. The number of anilines is 2. The summed E-state index contributed by atoms with van der Waals surface area (Å²) >= 11 is 6.07. The summed E-state index contributed by atoms with van der Waals surface area (Å²) in [6.07, 6.45) is 0. The Hall–Kier alpha value is -3.68. The fourth-order valence-electron chi connectivity index (χ4n) is 2.83. The van der Waals surface area contributed by atoms with Crippen LogP contribution in [0.2, 0.25) is 5.02 Å². The zero-order chi connectivity index (χ0) is 24.0. The van der Waals surface area contributed by atoms with Crippen molar-refractivity contribution in [3.05, 3.63) is 88.4 Å². The average molecular weight is 491 g/mol. The van der Waals surface area contributed by atoms with Crippen molar-refractivity contribution in [3.63, 3.8) is 0 Å². The minimum absolute atomic E-state index is 0.0399. The van der Waals surface area contributed by atoms with Crippen molar-refractivity contribution in [1.29, 1.82) is 5.26 Å². The summed E-state index contributed by atoms with van der Waals surface area (Å²) in [6.45, 7) is 0.257. The number of nitriles is 1. The third kappa shape index (κ3) is 5.97. The van der Waals surface area contributed by atoms with Crippen molar-refractivity contribution >= 4 is 38.9 Å². The van der Waals surface area contributed by atoms with Crippen LogP contribution in [0.25, 0.3) is 0 Å². The molecule has 33 heavy (non-hydrogen) atoms. The summed E-state index contributed by atoms with van der Waals surface area (Å²) in [4.78, 5) is 12.3. The standard InChI is InChI=1S/C22H17ClF2N4O3S/c23-19-9-8-16(33(31,32)29-15-6-4-14(24)5-7-15)12-17(19)22(30)28-11-10-27-21-3-1-2-20(25)18(21)13-26/h1-9,12,27,29H,10-11H2,(H,28,30). The van der Waals surface area contributed by atoms with E-state index < -0.39 is 27.6 Å². The van der Waals surface area contributed by atoms with Gasteiger partial charge in [-0.25, -0.2) is 17.2 Å². The Morgan fingerprint density at radius 3 is 2.45 bits per heavy atom. The second-order valence-corrected chi connectivity index (χ2v) is 8.80. The van der Waals surface area contributed by atoms with Gasteiger partial charge in [-0.1, -0.05) is 17.7 Å². The molecule has 3 rings (SSSR count). The number of carbonyl (C=O) groups is 1. The predicted octanol–water partition coefficient (Wildman–Crippen LogP) is 4.13. The fraction of sp³-hybridized carbons (Fsp3) is 0.0909. The molecule has 0 aliphatic rings. The maximum atomic E-state index is 13.6. The molecule has 0 atom stereocenters. The number of hydrogen-bond donors (Lipinski definition) is 3. The molecule has 0 unspecified atom stereocenters. The largest absolute Gasteiger partial charge is 0.382 e. The lowest BCUT2D eigenvalue weighted by Crippen LogP contribution is -2.29. The lowest BCUT2D eigenvalue weighted by atomic mass is 10.2. The van der Waals surface area contributed by atoms with E-state index >= 15 is 0 Å². The van der Waals surface area contributed by atoms with E-state index in [0.29, 0.717) is 0 Å². The molecule has 0 aliphatic carbocycles. The molecule has 170 valence electrons. The molecule has 7 nitrogen and oxygen atoms in total. The summed E-state index contributed by atoms with van der Waals surface area (Å²) in [6, 6.07) is 14.3. The van der Waals surface area contributed by atoms with E-state index in [1.165, 1.54) is 42.5 Å². The van der Waals surface area contributed by atoms with Crippen molar-refractivity contribution in [3.8, 4) is 6.07 Å². The highest BCUT2D eigenvalue weighted by Crippen LogP contribution is 2.23. The summed E-state index contributed by atoms with van der Waals surface area (Å²) in [5, 5.41) is 14.5. The van der Waals surface area contributed by atoms with Crippen LogP contribution in [0.1, 0.15) is 15.9 Å². The molecule has 1 amide bonds. The number of rotatable bonds is 8. The zero-order valence-corrected chi connectivity index (χ0v) is 18.5. The second-order valence-electron chi connectivity index (χ2n) is 6.71. The van der Waals surface area contributed by atoms with Crippen LogP contribution in [-0.2, 0) is 10.0 Å². The van der Waals surface area contributed by atoms with E-state index in [1.807, 2.05) is 0 Å². The Morgan fingerprint density at radius 1 is 1.03 bits per heavy atom. The van der Waals surface area contributed by atoms with Crippen LogP contribution >= 0.6 is 11.6 Å². The second kappa shape index (κ2) is 10.3. The monoisotopic (exact) mass is 490 g/mol. The Morgan fingerprint density at radius 2 is 1.76 bits per heavy atom. The van der Waals surface area contributed by atoms with Gasteiger partial charge in [0.25, 0.3) is 15.9 Å². The number of nitrogens with one attached hydrogen (secondary N) is 3. The van der Waals surface area contributed by atoms with Crippen molar-refractivity contribution < 1.29 is 22.0 Å². The van der Waals surface area contributed by atoms with Crippen molar-refractivity contribution in [2.45, 2.75) is 4.90 Å². The molecule has 0 saturated heterocycles. The van der Waals surface area contributed by atoms with E-state index in [2.05, 4.69) is 15.4 Å². The predicted molar refractivity (Wildman–Crippen MR) is 121 cm³/mol. The molecule has 0 aliphatic heterocycles. The number of hydrogen-bond acceptors (Lipinski definition) is 5. The highest BCUT2D eigenvalue weighted by atomic mass is 35.5. The molecule has 0 aromatic heterocycles. The van der Waals surface area contributed by atoms with Crippen LogP contribution in [0.15, 0.2) is 65.6 Å². The first-order valence-electron chi connectivity index (χ1n) is 9.50. The van der Waals surface area contributed by atoms with Gasteiger partial charge in [-0.2, -0.15) is 5.26 Å². The number of sulfonamides is 1. The third-order valence-corrected chi connectivity index (χ3v) is 6.15. The number of halogens is 3. The minimum atomic E-state index is -4.06. The van der Waals surface area contributed by atoms with E-state index in [-0.39, 0.29) is 45.5 Å². The van der Waals surface area contributed by atoms with Crippen molar-refractivity contribution in [2.24, 2.45) is 0 Å². The number of carbonyl (C=O) groups excluding carboxylic acids is 1. The third-order valence-electron chi connectivity index (χ3n) is 4.44. The summed E-state index contributed by atoms with van der Waals surface area (Å²) in [7, 11) is -4.06. The average Bonchev–Trinajstić information content (AvgIpc) is 2.78. The lowest BCUT2D eigenvalue weighted by molar-refractivity contribution is 0.0955. The quantitative estimate of drug-likeness (QED) is 0.411. The molecule has 3 N–H and O–H groups in total. The molecule has 0 saturated carbocycles. The Kier molecular flexibility index (Phi) is 7.48. The summed E-state index contributed by atoms with van der Waals surface area (Å²) in [5.74, 6) is -1.80. The first kappa shape index (κ1) is 24.0. The van der Waals surface area contributed by atoms with E-state index in [4.69, 9.17) is 16.9 Å². The molecule has 11 heteroatoms. The zero-order valence-electron chi connectivity index (χ0n) is 16.9. The lowest BCUT2D eigenvalue weighted by Gasteiger charge is -2.12. The van der Waals surface area contributed by atoms with E-state index in [0.717, 1.165) is 18.2 Å². The molecule has 0 spiro atoms. The Labute approximate surface area is 194 Å². The summed E-state index contributed by atoms with van der Waals surface area (Å²) < 4.78 is 54.2. The molecule has 3 aromatic carbocycles. The van der Waals surface area contributed by atoms with Gasteiger partial charge in [0.2, 0.25) is 0 Å². The van der Waals surface area contributed by atoms with E-state index in [9.17, 15) is 22.0 Å².